The number of aryl methyl sites for hydroxylation is 1. The van der Waals surface area contributed by atoms with Gasteiger partial charge in [0.25, 0.3) is 0 Å². The molecule has 0 bridgehead atoms. The van der Waals surface area contributed by atoms with E-state index in [0.717, 1.165) is 25.4 Å². The van der Waals surface area contributed by atoms with Crippen LogP contribution in [0.1, 0.15) is 35.2 Å². The Morgan fingerprint density at radius 3 is 3.05 bits per heavy atom. The molecule has 0 amide bonds. The lowest BCUT2D eigenvalue weighted by molar-refractivity contribution is 0.0599. The Labute approximate surface area is 113 Å². The van der Waals surface area contributed by atoms with Gasteiger partial charge >= 0.3 is 5.97 Å². The molecule has 0 saturated carbocycles. The molecule has 0 unspecified atom stereocenters. The number of esters is 1. The molecule has 2 atom stereocenters. The van der Waals surface area contributed by atoms with E-state index in [1.807, 2.05) is 0 Å². The Morgan fingerprint density at radius 2 is 2.42 bits per heavy atom. The second-order valence-corrected chi connectivity index (χ2v) is 4.97. The summed E-state index contributed by atoms with van der Waals surface area (Å²) in [4.78, 5) is 11.5. The lowest BCUT2D eigenvalue weighted by Crippen LogP contribution is -2.33. The number of hydrogen-bond acceptors (Lipinski definition) is 5. The van der Waals surface area contributed by atoms with Gasteiger partial charge in [-0.1, -0.05) is 0 Å². The van der Waals surface area contributed by atoms with Crippen LogP contribution < -0.4 is 5.32 Å². The molecule has 1 saturated heterocycles. The number of carbonyl (C=O) groups is 1. The van der Waals surface area contributed by atoms with Crippen LogP contribution in [0.15, 0.2) is 10.5 Å². The highest BCUT2D eigenvalue weighted by Gasteiger charge is 2.22. The molecule has 0 aliphatic carbocycles. The van der Waals surface area contributed by atoms with E-state index < -0.39 is 0 Å². The molecular formula is C14H21NO4. The quantitative estimate of drug-likeness (QED) is 0.825. The van der Waals surface area contributed by atoms with Gasteiger partial charge in [-0.15, -0.1) is 0 Å². The first-order valence-corrected chi connectivity index (χ1v) is 6.60. The number of methoxy groups -OCH3 is 1. The molecule has 2 rings (SSSR count). The van der Waals surface area contributed by atoms with Gasteiger partial charge < -0.3 is 19.2 Å². The number of hydrogen-bond donors (Lipinski definition) is 1. The van der Waals surface area contributed by atoms with Crippen molar-refractivity contribution in [1.82, 2.24) is 5.32 Å². The molecule has 2 heterocycles. The summed E-state index contributed by atoms with van der Waals surface area (Å²) in [6, 6.07) is 2.11. The van der Waals surface area contributed by atoms with Gasteiger partial charge in [-0.2, -0.15) is 0 Å². The highest BCUT2D eigenvalue weighted by atomic mass is 16.5. The third kappa shape index (κ3) is 3.36. The van der Waals surface area contributed by atoms with Crippen molar-refractivity contribution < 1.29 is 18.7 Å². The van der Waals surface area contributed by atoms with Crippen molar-refractivity contribution in [3.8, 4) is 0 Å². The van der Waals surface area contributed by atoms with Gasteiger partial charge in [0, 0.05) is 12.6 Å². The Hall–Kier alpha value is -1.33. The Morgan fingerprint density at radius 1 is 1.63 bits per heavy atom. The predicted octanol–water partition coefficient (Wildman–Crippen LogP) is 1.89. The molecule has 1 aliphatic heterocycles. The average molecular weight is 267 g/mol. The van der Waals surface area contributed by atoms with E-state index in [-0.39, 0.29) is 5.97 Å². The van der Waals surface area contributed by atoms with Crippen LogP contribution in [0, 0.1) is 12.8 Å². The molecule has 0 radical (unpaired) electrons. The first-order valence-electron chi connectivity index (χ1n) is 6.60. The van der Waals surface area contributed by atoms with Gasteiger partial charge in [0.2, 0.25) is 0 Å². The minimum absolute atomic E-state index is 0.357. The number of furan rings is 1. The van der Waals surface area contributed by atoms with E-state index in [9.17, 15) is 4.79 Å². The zero-order valence-electron chi connectivity index (χ0n) is 11.7. The first-order chi connectivity index (χ1) is 9.11. The normalized spacial score (nSPS) is 20.5. The van der Waals surface area contributed by atoms with Crippen molar-refractivity contribution in [2.24, 2.45) is 5.92 Å². The predicted molar refractivity (Wildman–Crippen MR) is 70.0 cm³/mol. The van der Waals surface area contributed by atoms with Gasteiger partial charge in [-0.05, 0) is 32.3 Å². The minimum Gasteiger partial charge on any atom is -0.465 e. The number of nitrogens with one attached hydrogen (secondary N) is 1. The van der Waals surface area contributed by atoms with Gasteiger partial charge in [0.15, 0.2) is 0 Å². The Balaban J connectivity index is 1.90. The third-order valence-electron chi connectivity index (χ3n) is 3.64. The molecule has 1 N–H and O–H groups in total. The molecule has 5 heteroatoms. The highest BCUT2D eigenvalue weighted by molar-refractivity contribution is 5.90. The molecule has 1 fully saturated rings. The van der Waals surface area contributed by atoms with Crippen LogP contribution in [0.25, 0.3) is 0 Å². The zero-order chi connectivity index (χ0) is 13.8. The molecule has 5 nitrogen and oxygen atoms in total. The largest absolute Gasteiger partial charge is 0.465 e. The second-order valence-electron chi connectivity index (χ2n) is 4.97. The molecule has 0 aromatic carbocycles. The fourth-order valence-electron chi connectivity index (χ4n) is 2.32. The summed E-state index contributed by atoms with van der Waals surface area (Å²) in [6.45, 7) is 6.19. The Bertz CT molecular complexity index is 435. The molecule has 1 aliphatic rings. The van der Waals surface area contributed by atoms with Crippen molar-refractivity contribution in [2.75, 3.05) is 20.3 Å². The van der Waals surface area contributed by atoms with Crippen molar-refractivity contribution in [2.45, 2.75) is 32.9 Å². The van der Waals surface area contributed by atoms with Crippen LogP contribution in [-0.4, -0.2) is 32.3 Å². The smallest absolute Gasteiger partial charge is 0.341 e. The lowest BCUT2D eigenvalue weighted by Gasteiger charge is -2.18. The summed E-state index contributed by atoms with van der Waals surface area (Å²) in [5, 5.41) is 3.41. The summed E-state index contributed by atoms with van der Waals surface area (Å²) in [7, 11) is 1.37. The highest BCUT2D eigenvalue weighted by Crippen LogP contribution is 2.18. The maximum absolute atomic E-state index is 11.5. The van der Waals surface area contributed by atoms with E-state index in [2.05, 4.69) is 12.2 Å². The molecule has 1 aromatic rings. The topological polar surface area (TPSA) is 60.7 Å². The number of ether oxygens (including phenoxy) is 2. The number of carbonyl (C=O) groups excluding carboxylic acids is 1. The fourth-order valence-corrected chi connectivity index (χ4v) is 2.32. The average Bonchev–Trinajstić information content (AvgIpc) is 3.04. The van der Waals surface area contributed by atoms with Gasteiger partial charge in [0.1, 0.15) is 17.1 Å². The first kappa shape index (κ1) is 14.1. The molecule has 1 aromatic heterocycles. The SMILES string of the molecule is COC(=O)c1cc(CN[C@H](C)[C@H]2CCOC2)oc1C. The summed E-state index contributed by atoms with van der Waals surface area (Å²) in [6.07, 6.45) is 1.10. The van der Waals surface area contributed by atoms with Crippen molar-refractivity contribution >= 4 is 5.97 Å². The van der Waals surface area contributed by atoms with Gasteiger partial charge in [-0.3, -0.25) is 0 Å². The molecule has 106 valence electrons. The summed E-state index contributed by atoms with van der Waals surface area (Å²) in [5.74, 6) is 1.55. The lowest BCUT2D eigenvalue weighted by atomic mass is 10.0. The molecule has 19 heavy (non-hydrogen) atoms. The van der Waals surface area contributed by atoms with Crippen molar-refractivity contribution in [1.29, 1.82) is 0 Å². The zero-order valence-corrected chi connectivity index (χ0v) is 11.7. The second kappa shape index (κ2) is 6.21. The maximum Gasteiger partial charge on any atom is 0.341 e. The summed E-state index contributed by atoms with van der Waals surface area (Å²) in [5.41, 5.74) is 0.496. The molecular weight excluding hydrogens is 246 g/mol. The number of rotatable bonds is 5. The summed E-state index contributed by atoms with van der Waals surface area (Å²) >= 11 is 0. The summed E-state index contributed by atoms with van der Waals surface area (Å²) < 4.78 is 15.6. The maximum atomic E-state index is 11.5. The standard InChI is InChI=1S/C14H21NO4/c1-9(11-4-5-18-8-11)15-7-12-6-13(10(2)19-12)14(16)17-3/h6,9,11,15H,4-5,7-8H2,1-3H3/t9-,11+/m1/s1. The van der Waals surface area contributed by atoms with Crippen LogP contribution in [0.3, 0.4) is 0 Å². The van der Waals surface area contributed by atoms with Crippen LogP contribution in [0.2, 0.25) is 0 Å². The fraction of sp³-hybridized carbons (Fsp3) is 0.643. The van der Waals surface area contributed by atoms with Crippen LogP contribution in [-0.2, 0) is 16.0 Å². The van der Waals surface area contributed by atoms with Crippen molar-refractivity contribution in [3.05, 3.63) is 23.2 Å². The van der Waals surface area contributed by atoms with Gasteiger partial charge in [-0.25, -0.2) is 4.79 Å². The van der Waals surface area contributed by atoms with Gasteiger partial charge in [0.05, 0.1) is 20.3 Å². The van der Waals surface area contributed by atoms with E-state index in [4.69, 9.17) is 13.9 Å². The third-order valence-corrected chi connectivity index (χ3v) is 3.64. The van der Waals surface area contributed by atoms with E-state index in [1.54, 1.807) is 13.0 Å². The minimum atomic E-state index is -0.357. The molecule has 0 spiro atoms. The van der Waals surface area contributed by atoms with E-state index >= 15 is 0 Å². The van der Waals surface area contributed by atoms with Crippen LogP contribution >= 0.6 is 0 Å². The Kier molecular flexibility index (Phi) is 4.61. The van der Waals surface area contributed by atoms with E-state index in [0.29, 0.717) is 29.8 Å². The van der Waals surface area contributed by atoms with Crippen molar-refractivity contribution in [3.63, 3.8) is 0 Å². The van der Waals surface area contributed by atoms with Crippen LogP contribution in [0.5, 0.6) is 0 Å². The van der Waals surface area contributed by atoms with Crippen LogP contribution in [0.4, 0.5) is 0 Å². The monoisotopic (exact) mass is 267 g/mol. The van der Waals surface area contributed by atoms with E-state index in [1.165, 1.54) is 7.11 Å².